The van der Waals surface area contributed by atoms with E-state index < -0.39 is 0 Å². The first-order chi connectivity index (χ1) is 15.7. The molecule has 154 valence electrons. The molecular weight excluding hydrogens is 400 g/mol. The third-order valence-electron chi connectivity index (χ3n) is 6.60. The van der Waals surface area contributed by atoms with E-state index in [2.05, 4.69) is 20.9 Å². The Labute approximate surface area is 182 Å². The zero-order valence-electron chi connectivity index (χ0n) is 17.0. The summed E-state index contributed by atoms with van der Waals surface area (Å²) in [6, 6.07) is 19.6. The predicted molar refractivity (Wildman–Crippen MR) is 127 cm³/mol. The van der Waals surface area contributed by atoms with Gasteiger partial charge in [0, 0.05) is 27.8 Å². The molecule has 0 aromatic heterocycles. The van der Waals surface area contributed by atoms with Crippen molar-refractivity contribution in [2.45, 2.75) is 0 Å². The first-order valence-corrected chi connectivity index (χ1v) is 10.6. The molecule has 0 saturated heterocycles. The lowest BCUT2D eigenvalue weighted by Gasteiger charge is -2.26. The number of hydrogen-bond acceptors (Lipinski definition) is 6. The Morgan fingerprint density at radius 1 is 0.750 bits per heavy atom. The highest BCUT2D eigenvalue weighted by molar-refractivity contribution is 6.53. The van der Waals surface area contributed by atoms with Crippen LogP contribution in [0.2, 0.25) is 0 Å². The van der Waals surface area contributed by atoms with Gasteiger partial charge in [0.05, 0.1) is 23.2 Å². The van der Waals surface area contributed by atoms with E-state index in [1.165, 1.54) is 0 Å². The summed E-state index contributed by atoms with van der Waals surface area (Å²) in [5, 5.41) is 26.6. The standard InChI is InChI=1S/C26H18N4O2/c31-25-23(15-7-9-19-21-13(15)3-1-5-17(21)27-11-29-19)26(32)24(25)16-8-10-20-22-14(16)4-2-6-18(22)28-12-30-20/h1-10,27-29,31H,11-12H2. The van der Waals surface area contributed by atoms with Crippen LogP contribution in [-0.4, -0.2) is 24.2 Å². The minimum absolute atomic E-state index is 0.0499. The molecule has 4 N–H and O–H groups in total. The van der Waals surface area contributed by atoms with Crippen molar-refractivity contribution in [2.75, 3.05) is 29.3 Å². The lowest BCUT2D eigenvalue weighted by Crippen LogP contribution is -2.29. The van der Waals surface area contributed by atoms with Crippen molar-refractivity contribution < 1.29 is 9.90 Å². The molecule has 6 heteroatoms. The van der Waals surface area contributed by atoms with Gasteiger partial charge in [0.25, 0.3) is 0 Å². The molecule has 1 aliphatic carbocycles. The molecule has 0 fully saturated rings. The molecule has 7 rings (SSSR count). The van der Waals surface area contributed by atoms with Crippen molar-refractivity contribution in [1.29, 1.82) is 0 Å². The van der Waals surface area contributed by atoms with Crippen LogP contribution in [-0.2, 0) is 4.79 Å². The van der Waals surface area contributed by atoms with Crippen LogP contribution in [0.25, 0.3) is 32.7 Å². The molecule has 3 aliphatic rings. The number of aliphatic hydroxyl groups is 1. The van der Waals surface area contributed by atoms with E-state index in [0.717, 1.165) is 54.7 Å². The van der Waals surface area contributed by atoms with Gasteiger partial charge in [-0.05, 0) is 45.8 Å². The Bertz CT molecular complexity index is 1670. The summed E-state index contributed by atoms with van der Waals surface area (Å²) in [6.45, 7) is 1.19. The number of aliphatic hydroxyl groups excluding tert-OH is 1. The largest absolute Gasteiger partial charge is 0.506 e. The highest BCUT2D eigenvalue weighted by atomic mass is 16.3. The second-order valence-electron chi connectivity index (χ2n) is 8.20. The number of Topliss-reactive ketones (excluding diaryl/α,β-unsaturated/α-hetero) is 1. The Kier molecular flexibility index (Phi) is 3.31. The zero-order valence-corrected chi connectivity index (χ0v) is 17.0. The molecule has 0 spiro atoms. The quantitative estimate of drug-likeness (QED) is 0.380. The van der Waals surface area contributed by atoms with Gasteiger partial charge in [-0.25, -0.2) is 0 Å². The number of carbonyl (C=O) groups excluding carboxylic acids is 1. The predicted octanol–water partition coefficient (Wildman–Crippen LogP) is 3.49. The van der Waals surface area contributed by atoms with Gasteiger partial charge in [-0.3, -0.25) is 9.79 Å². The second-order valence-corrected chi connectivity index (χ2v) is 8.20. The highest BCUT2D eigenvalue weighted by Crippen LogP contribution is 2.43. The van der Waals surface area contributed by atoms with Crippen LogP contribution in [0.1, 0.15) is 5.56 Å². The minimum Gasteiger partial charge on any atom is -0.506 e. The minimum atomic E-state index is -0.138. The molecule has 0 amide bonds. The number of nitrogens with zero attached hydrogens (tertiary/aromatic N) is 1. The van der Waals surface area contributed by atoms with Crippen LogP contribution >= 0.6 is 0 Å². The molecule has 32 heavy (non-hydrogen) atoms. The second kappa shape index (κ2) is 6.11. The molecule has 0 saturated carbocycles. The van der Waals surface area contributed by atoms with Gasteiger partial charge >= 0.3 is 0 Å². The van der Waals surface area contributed by atoms with Crippen LogP contribution in [0.4, 0.5) is 17.1 Å². The summed E-state index contributed by atoms with van der Waals surface area (Å²) < 4.78 is 0. The third kappa shape index (κ3) is 2.13. The number of anilines is 3. The Hall–Kier alpha value is -4.32. The van der Waals surface area contributed by atoms with E-state index in [9.17, 15) is 9.90 Å². The van der Waals surface area contributed by atoms with Crippen molar-refractivity contribution >= 4 is 55.5 Å². The molecule has 2 aliphatic heterocycles. The first-order valence-electron chi connectivity index (χ1n) is 10.6. The van der Waals surface area contributed by atoms with E-state index in [1.807, 2.05) is 60.7 Å². The smallest absolute Gasteiger partial charge is 0.201 e. The van der Waals surface area contributed by atoms with Gasteiger partial charge in [-0.1, -0.05) is 36.4 Å². The third-order valence-corrected chi connectivity index (χ3v) is 6.60. The Morgan fingerprint density at radius 2 is 1.50 bits per heavy atom. The van der Waals surface area contributed by atoms with Crippen molar-refractivity contribution in [1.82, 2.24) is 0 Å². The number of benzene rings is 4. The lowest BCUT2D eigenvalue weighted by atomic mass is 9.79. The van der Waals surface area contributed by atoms with E-state index >= 15 is 0 Å². The molecule has 0 bridgehead atoms. The van der Waals surface area contributed by atoms with Crippen molar-refractivity contribution in [2.24, 2.45) is 4.99 Å². The summed E-state index contributed by atoms with van der Waals surface area (Å²) in [7, 11) is 0. The van der Waals surface area contributed by atoms with Crippen molar-refractivity contribution in [3.8, 4) is 0 Å². The molecule has 0 radical (unpaired) electrons. The van der Waals surface area contributed by atoms with E-state index in [0.29, 0.717) is 24.5 Å². The van der Waals surface area contributed by atoms with Gasteiger partial charge < -0.3 is 21.1 Å². The van der Waals surface area contributed by atoms with Gasteiger partial charge in [-0.2, -0.15) is 0 Å². The number of ketones is 1. The highest BCUT2D eigenvalue weighted by Gasteiger charge is 2.37. The monoisotopic (exact) mass is 418 g/mol. The van der Waals surface area contributed by atoms with Crippen molar-refractivity contribution in [3.63, 3.8) is 0 Å². The first kappa shape index (κ1) is 17.4. The number of carbonyl (C=O) groups is 1. The Balaban J connectivity index is 1.52. The van der Waals surface area contributed by atoms with Gasteiger partial charge in [0.15, 0.2) is 0 Å². The number of rotatable bonds is 1. The molecule has 2 heterocycles. The van der Waals surface area contributed by atoms with Crippen molar-refractivity contribution in [3.05, 3.63) is 82.6 Å². The summed E-state index contributed by atoms with van der Waals surface area (Å²) in [5.74, 6) is -0.0878. The Morgan fingerprint density at radius 3 is 2.31 bits per heavy atom. The summed E-state index contributed by atoms with van der Waals surface area (Å²) in [5.41, 5.74) is 4.53. The summed E-state index contributed by atoms with van der Waals surface area (Å²) >= 11 is 0. The molecule has 4 aromatic rings. The van der Waals surface area contributed by atoms with Gasteiger partial charge in [0.2, 0.25) is 5.78 Å². The SMILES string of the molecule is O=C1C(c2ccc3c4c(cccc24)NCN3)=C(O)C1=c1ccc2c3c(cccc13)NCN=2. The maximum atomic E-state index is 13.4. The van der Waals surface area contributed by atoms with Crippen LogP contribution in [0, 0.1) is 0 Å². The molecular formula is C26H18N4O2. The fourth-order valence-corrected chi connectivity index (χ4v) is 5.15. The van der Waals surface area contributed by atoms with Gasteiger partial charge in [0.1, 0.15) is 12.4 Å². The number of hydrogen-bond donors (Lipinski definition) is 4. The lowest BCUT2D eigenvalue weighted by molar-refractivity contribution is -0.109. The summed E-state index contributed by atoms with van der Waals surface area (Å²) in [4.78, 5) is 18.0. The average molecular weight is 418 g/mol. The fourth-order valence-electron chi connectivity index (χ4n) is 5.15. The fraction of sp³-hybridized carbons (Fsp3) is 0.0769. The number of nitrogens with one attached hydrogen (secondary N) is 3. The normalized spacial score (nSPS) is 17.9. The molecule has 4 aromatic carbocycles. The molecule has 0 atom stereocenters. The van der Waals surface area contributed by atoms with Crippen LogP contribution in [0.15, 0.2) is 71.4 Å². The van der Waals surface area contributed by atoms with Crippen LogP contribution in [0.5, 0.6) is 0 Å². The average Bonchev–Trinajstić information content (AvgIpc) is 2.83. The molecule has 0 unspecified atom stereocenters. The molecule has 6 nitrogen and oxygen atoms in total. The van der Waals surface area contributed by atoms with E-state index in [4.69, 9.17) is 0 Å². The maximum absolute atomic E-state index is 13.4. The van der Waals surface area contributed by atoms with Crippen LogP contribution in [0.3, 0.4) is 0 Å². The zero-order chi connectivity index (χ0) is 21.4. The van der Waals surface area contributed by atoms with E-state index in [1.54, 1.807) is 0 Å². The topological polar surface area (TPSA) is 85.8 Å². The van der Waals surface area contributed by atoms with Crippen LogP contribution < -0.4 is 26.5 Å². The van der Waals surface area contributed by atoms with E-state index in [-0.39, 0.29) is 11.5 Å². The number of allylic oxidation sites excluding steroid dienone is 2. The van der Waals surface area contributed by atoms with Gasteiger partial charge in [-0.15, -0.1) is 0 Å². The summed E-state index contributed by atoms with van der Waals surface area (Å²) in [6.07, 6.45) is 0. The maximum Gasteiger partial charge on any atom is 0.201 e.